The second-order valence-electron chi connectivity index (χ2n) is 2.49. The van der Waals surface area contributed by atoms with Crippen LogP contribution in [0.2, 0.25) is 0 Å². The van der Waals surface area contributed by atoms with Gasteiger partial charge in [-0.15, -0.1) is 0 Å². The summed E-state index contributed by atoms with van der Waals surface area (Å²) in [7, 11) is 0.000616. The van der Waals surface area contributed by atoms with Gasteiger partial charge < -0.3 is 10.4 Å². The molecule has 0 fully saturated rings. The Kier molecular flexibility index (Phi) is 5.29. The zero-order valence-electron chi connectivity index (χ0n) is 7.57. The van der Waals surface area contributed by atoms with Crippen molar-refractivity contribution in [2.75, 3.05) is 12.8 Å². The van der Waals surface area contributed by atoms with E-state index in [2.05, 4.69) is 5.32 Å². The van der Waals surface area contributed by atoms with Crippen LogP contribution in [0.1, 0.15) is 13.3 Å². The topological polar surface area (TPSA) is 83.5 Å². The summed E-state index contributed by atoms with van der Waals surface area (Å²) in [6, 6.07) is 0. The van der Waals surface area contributed by atoms with E-state index in [0.29, 0.717) is 0 Å². The van der Waals surface area contributed by atoms with E-state index in [1.165, 1.54) is 14.0 Å². The van der Waals surface area contributed by atoms with Crippen LogP contribution in [0.15, 0.2) is 0 Å². The second kappa shape index (κ2) is 5.69. The Morgan fingerprint density at radius 3 is 2.46 bits per heavy atom. The molecule has 0 heterocycles. The first-order chi connectivity index (χ1) is 5.99. The maximum atomic E-state index is 11.2. The van der Waals surface area contributed by atoms with Crippen molar-refractivity contribution in [1.29, 1.82) is 0 Å². The van der Waals surface area contributed by atoms with E-state index in [0.717, 1.165) is 0 Å². The minimum Gasteiger partial charge on any atom is -0.480 e. The highest BCUT2D eigenvalue weighted by Crippen LogP contribution is 1.98. The number of carboxylic acid groups (broad SMARTS) is 1. The molecule has 13 heavy (non-hydrogen) atoms. The Morgan fingerprint density at radius 1 is 1.54 bits per heavy atom. The third kappa shape index (κ3) is 4.62. The van der Waals surface area contributed by atoms with Gasteiger partial charge in [0, 0.05) is 30.0 Å². The van der Waals surface area contributed by atoms with E-state index < -0.39 is 22.0 Å². The summed E-state index contributed by atoms with van der Waals surface area (Å²) in [6.45, 7) is 1.36. The number of aliphatic carboxylic acids is 1. The number of carboxylic acids is 1. The van der Waals surface area contributed by atoms with Gasteiger partial charge in [-0.25, -0.2) is 0 Å². The van der Waals surface area contributed by atoms with Crippen molar-refractivity contribution in [3.05, 3.63) is 0 Å². The van der Waals surface area contributed by atoms with Gasteiger partial charge in [-0.3, -0.25) is 13.8 Å². The lowest BCUT2D eigenvalue weighted by atomic mass is 10.5. The summed E-state index contributed by atoms with van der Waals surface area (Å²) in [4.78, 5) is 21.1. The fourth-order valence-corrected chi connectivity index (χ4v) is 1.57. The van der Waals surface area contributed by atoms with Crippen LogP contribution in [0.3, 0.4) is 0 Å². The molecule has 0 radical (unpaired) electrons. The molecule has 0 bridgehead atoms. The molecule has 76 valence electrons. The fraction of sp³-hybridized carbons (Fsp3) is 0.714. The molecule has 0 aromatic carbocycles. The van der Waals surface area contributed by atoms with Crippen LogP contribution in [0, 0.1) is 0 Å². The van der Waals surface area contributed by atoms with Crippen molar-refractivity contribution in [1.82, 2.24) is 5.32 Å². The standard InChI is InChI=1S/C7H13NO4S/c1-5(7(10)11)13(12)4-3-6(9)8-2/h5H,3-4H2,1-2H3,(H,8,9)(H,10,11). The van der Waals surface area contributed by atoms with Crippen LogP contribution in [-0.2, 0) is 20.4 Å². The SMILES string of the molecule is CNC(=O)CCS(=O)C(C)C(=O)O. The number of rotatable bonds is 5. The summed E-state index contributed by atoms with van der Waals surface area (Å²) in [6.07, 6.45) is 0.0979. The first-order valence-electron chi connectivity index (χ1n) is 3.79. The lowest BCUT2D eigenvalue weighted by Gasteiger charge is -2.05. The van der Waals surface area contributed by atoms with Crippen molar-refractivity contribution in [2.24, 2.45) is 0 Å². The average Bonchev–Trinajstić information content (AvgIpc) is 2.11. The summed E-state index contributed by atoms with van der Waals surface area (Å²) in [5.74, 6) is -1.24. The van der Waals surface area contributed by atoms with Gasteiger partial charge in [-0.2, -0.15) is 0 Å². The van der Waals surface area contributed by atoms with Crippen molar-refractivity contribution in [2.45, 2.75) is 18.6 Å². The maximum absolute atomic E-state index is 11.2. The molecule has 0 aromatic heterocycles. The summed E-state index contributed by atoms with van der Waals surface area (Å²) in [5.41, 5.74) is 0. The number of hydrogen-bond acceptors (Lipinski definition) is 3. The molecule has 2 atom stereocenters. The summed E-state index contributed by atoms with van der Waals surface area (Å²) in [5, 5.41) is 9.94. The highest BCUT2D eigenvalue weighted by Gasteiger charge is 2.18. The number of nitrogens with one attached hydrogen (secondary N) is 1. The van der Waals surface area contributed by atoms with Gasteiger partial charge in [0.25, 0.3) is 0 Å². The molecule has 1 amide bonds. The smallest absolute Gasteiger partial charge is 0.318 e. The first kappa shape index (κ1) is 12.1. The van der Waals surface area contributed by atoms with Crippen molar-refractivity contribution >= 4 is 22.7 Å². The minimum absolute atomic E-state index is 0.0904. The maximum Gasteiger partial charge on any atom is 0.318 e. The molecule has 5 nitrogen and oxygen atoms in total. The van der Waals surface area contributed by atoms with Crippen LogP contribution in [0.25, 0.3) is 0 Å². The van der Waals surface area contributed by atoms with Gasteiger partial charge in [-0.05, 0) is 6.92 Å². The van der Waals surface area contributed by atoms with E-state index in [4.69, 9.17) is 5.11 Å². The molecule has 0 aromatic rings. The van der Waals surface area contributed by atoms with Gasteiger partial charge in [0.15, 0.2) is 0 Å². The number of hydrogen-bond donors (Lipinski definition) is 2. The van der Waals surface area contributed by atoms with Gasteiger partial charge in [0.1, 0.15) is 5.25 Å². The molecule has 0 saturated carbocycles. The Hall–Kier alpha value is -0.910. The molecule has 0 aliphatic rings. The predicted octanol–water partition coefficient (Wildman–Crippen LogP) is -0.656. The molecular formula is C7H13NO4S. The van der Waals surface area contributed by atoms with Crippen LogP contribution in [0.5, 0.6) is 0 Å². The third-order valence-corrected chi connectivity index (χ3v) is 3.15. The van der Waals surface area contributed by atoms with Crippen LogP contribution >= 0.6 is 0 Å². The van der Waals surface area contributed by atoms with Crippen molar-refractivity contribution in [3.63, 3.8) is 0 Å². The predicted molar refractivity (Wildman–Crippen MR) is 48.8 cm³/mol. The molecule has 0 rings (SSSR count). The fourth-order valence-electron chi connectivity index (χ4n) is 0.608. The van der Waals surface area contributed by atoms with E-state index in [1.807, 2.05) is 0 Å². The van der Waals surface area contributed by atoms with E-state index in [9.17, 15) is 13.8 Å². The lowest BCUT2D eigenvalue weighted by Crippen LogP contribution is -2.27. The van der Waals surface area contributed by atoms with Gasteiger partial charge in [0.2, 0.25) is 5.91 Å². The molecule has 6 heteroatoms. The van der Waals surface area contributed by atoms with Crippen LogP contribution in [0.4, 0.5) is 0 Å². The Morgan fingerprint density at radius 2 is 2.08 bits per heavy atom. The number of amides is 1. The second-order valence-corrected chi connectivity index (χ2v) is 4.37. The van der Waals surface area contributed by atoms with Crippen molar-refractivity contribution < 1.29 is 18.9 Å². The Bertz CT molecular complexity index is 229. The highest BCUT2D eigenvalue weighted by molar-refractivity contribution is 7.86. The molecule has 2 unspecified atom stereocenters. The molecule has 0 aliphatic carbocycles. The average molecular weight is 207 g/mol. The van der Waals surface area contributed by atoms with E-state index >= 15 is 0 Å². The third-order valence-electron chi connectivity index (χ3n) is 1.55. The number of carbonyl (C=O) groups is 2. The van der Waals surface area contributed by atoms with E-state index in [-0.39, 0.29) is 18.1 Å². The highest BCUT2D eigenvalue weighted by atomic mass is 32.2. The zero-order valence-corrected chi connectivity index (χ0v) is 8.39. The molecule has 2 N–H and O–H groups in total. The van der Waals surface area contributed by atoms with E-state index in [1.54, 1.807) is 0 Å². The monoisotopic (exact) mass is 207 g/mol. The van der Waals surface area contributed by atoms with Gasteiger partial charge in [0.05, 0.1) is 0 Å². The normalized spacial score (nSPS) is 14.6. The van der Waals surface area contributed by atoms with Crippen molar-refractivity contribution in [3.8, 4) is 0 Å². The van der Waals surface area contributed by atoms with Crippen LogP contribution < -0.4 is 5.32 Å². The quantitative estimate of drug-likeness (QED) is 0.627. The molecule has 0 aliphatic heterocycles. The Balaban J connectivity index is 3.88. The molecule has 0 spiro atoms. The number of carbonyl (C=O) groups excluding carboxylic acids is 1. The van der Waals surface area contributed by atoms with Crippen LogP contribution in [-0.4, -0.2) is 39.2 Å². The zero-order chi connectivity index (χ0) is 10.4. The summed E-state index contributed by atoms with van der Waals surface area (Å²) >= 11 is 0. The Labute approximate surface area is 79.0 Å². The lowest BCUT2D eigenvalue weighted by molar-refractivity contribution is -0.136. The first-order valence-corrected chi connectivity index (χ1v) is 5.17. The largest absolute Gasteiger partial charge is 0.480 e. The minimum atomic E-state index is -1.48. The summed E-state index contributed by atoms with van der Waals surface area (Å²) < 4.78 is 11.2. The molecular weight excluding hydrogens is 194 g/mol. The molecule has 0 saturated heterocycles. The van der Waals surface area contributed by atoms with Gasteiger partial charge >= 0.3 is 5.97 Å². The van der Waals surface area contributed by atoms with Gasteiger partial charge in [-0.1, -0.05) is 0 Å².